The number of hydrogen-bond donors (Lipinski definition) is 1. The molecule has 64 valence electrons. The summed E-state index contributed by atoms with van der Waals surface area (Å²) in [5, 5.41) is 8.95. The molecule has 0 aromatic carbocycles. The number of carboxylic acid groups (broad SMARTS) is 1. The molecule has 2 bridgehead atoms. The molecular formula is C10H12O2. The van der Waals surface area contributed by atoms with E-state index in [0.717, 1.165) is 12.8 Å². The standard InChI is InChI=1S/C10H12O2/c1-2-10-4-3-7(6-10)5-8(10)9(11)12/h2-4,7-8H,1,5-6H2,(H,11,12). The van der Waals surface area contributed by atoms with Crippen LogP contribution in [0.5, 0.6) is 0 Å². The summed E-state index contributed by atoms with van der Waals surface area (Å²) in [5.41, 5.74) is -0.226. The van der Waals surface area contributed by atoms with Gasteiger partial charge in [-0.1, -0.05) is 18.2 Å². The first-order chi connectivity index (χ1) is 5.68. The molecule has 0 saturated heterocycles. The van der Waals surface area contributed by atoms with E-state index >= 15 is 0 Å². The zero-order chi connectivity index (χ0) is 8.77. The van der Waals surface area contributed by atoms with Gasteiger partial charge in [-0.2, -0.15) is 0 Å². The average molecular weight is 164 g/mol. The molecule has 2 heteroatoms. The number of rotatable bonds is 2. The molecule has 1 fully saturated rings. The Morgan fingerprint density at radius 3 is 2.92 bits per heavy atom. The average Bonchev–Trinajstić information content (AvgIpc) is 2.60. The molecule has 12 heavy (non-hydrogen) atoms. The highest BCUT2D eigenvalue weighted by molar-refractivity contribution is 5.73. The third-order valence-electron chi connectivity index (χ3n) is 3.16. The number of allylic oxidation sites excluding steroid dienone is 3. The number of fused-ring (bicyclic) bond motifs is 2. The van der Waals surface area contributed by atoms with Gasteiger partial charge < -0.3 is 5.11 Å². The molecule has 1 N–H and O–H groups in total. The monoisotopic (exact) mass is 164 g/mol. The molecule has 2 nitrogen and oxygen atoms in total. The molecular weight excluding hydrogens is 152 g/mol. The second kappa shape index (κ2) is 2.22. The van der Waals surface area contributed by atoms with Crippen LogP contribution in [-0.2, 0) is 4.79 Å². The zero-order valence-electron chi connectivity index (χ0n) is 6.86. The van der Waals surface area contributed by atoms with Crippen LogP contribution in [0.15, 0.2) is 24.8 Å². The zero-order valence-corrected chi connectivity index (χ0v) is 6.86. The maximum Gasteiger partial charge on any atom is 0.307 e. The first-order valence-electron chi connectivity index (χ1n) is 4.24. The molecule has 2 rings (SSSR count). The van der Waals surface area contributed by atoms with E-state index in [9.17, 15) is 4.79 Å². The number of hydrogen-bond acceptors (Lipinski definition) is 1. The molecule has 0 amide bonds. The Morgan fingerprint density at radius 2 is 2.50 bits per heavy atom. The van der Waals surface area contributed by atoms with Crippen molar-refractivity contribution in [3.8, 4) is 0 Å². The van der Waals surface area contributed by atoms with Gasteiger partial charge in [-0.15, -0.1) is 6.58 Å². The Balaban J connectivity index is 2.35. The minimum atomic E-state index is -0.679. The Kier molecular flexibility index (Phi) is 1.40. The Hall–Kier alpha value is -1.05. The summed E-state index contributed by atoms with van der Waals surface area (Å²) >= 11 is 0. The van der Waals surface area contributed by atoms with E-state index in [1.807, 2.05) is 6.08 Å². The van der Waals surface area contributed by atoms with Gasteiger partial charge in [-0.3, -0.25) is 4.79 Å². The summed E-state index contributed by atoms with van der Waals surface area (Å²) in [5.74, 6) is -0.434. The largest absolute Gasteiger partial charge is 0.481 e. The molecule has 3 unspecified atom stereocenters. The van der Waals surface area contributed by atoms with Gasteiger partial charge >= 0.3 is 5.97 Å². The van der Waals surface area contributed by atoms with E-state index in [1.165, 1.54) is 0 Å². The topological polar surface area (TPSA) is 37.3 Å². The summed E-state index contributed by atoms with van der Waals surface area (Å²) in [6.07, 6.45) is 7.69. The maximum atomic E-state index is 10.9. The van der Waals surface area contributed by atoms with Crippen molar-refractivity contribution in [2.75, 3.05) is 0 Å². The number of carbonyl (C=O) groups is 1. The minimum Gasteiger partial charge on any atom is -0.481 e. The maximum absolute atomic E-state index is 10.9. The first kappa shape index (κ1) is 7.59. The quantitative estimate of drug-likeness (QED) is 0.632. The van der Waals surface area contributed by atoms with Crippen LogP contribution in [0.3, 0.4) is 0 Å². The van der Waals surface area contributed by atoms with Crippen LogP contribution in [0.4, 0.5) is 0 Å². The fourth-order valence-electron chi connectivity index (χ4n) is 2.47. The Bertz CT molecular complexity index is 267. The van der Waals surface area contributed by atoms with Crippen molar-refractivity contribution >= 4 is 5.97 Å². The van der Waals surface area contributed by atoms with E-state index in [1.54, 1.807) is 6.08 Å². The van der Waals surface area contributed by atoms with Gasteiger partial charge in [0.2, 0.25) is 0 Å². The lowest BCUT2D eigenvalue weighted by Crippen LogP contribution is -2.27. The van der Waals surface area contributed by atoms with Crippen LogP contribution in [0.1, 0.15) is 12.8 Å². The van der Waals surface area contributed by atoms with Crippen LogP contribution < -0.4 is 0 Å². The molecule has 3 atom stereocenters. The molecule has 0 aromatic heterocycles. The fraction of sp³-hybridized carbons (Fsp3) is 0.500. The van der Waals surface area contributed by atoms with Crippen LogP contribution in [0.25, 0.3) is 0 Å². The predicted molar refractivity (Wildman–Crippen MR) is 45.6 cm³/mol. The van der Waals surface area contributed by atoms with Crippen molar-refractivity contribution in [3.63, 3.8) is 0 Å². The highest BCUT2D eigenvalue weighted by atomic mass is 16.4. The van der Waals surface area contributed by atoms with Crippen LogP contribution in [0, 0.1) is 17.3 Å². The van der Waals surface area contributed by atoms with Gasteiger partial charge in [0, 0.05) is 5.41 Å². The van der Waals surface area contributed by atoms with Gasteiger partial charge in [-0.25, -0.2) is 0 Å². The van der Waals surface area contributed by atoms with Gasteiger partial charge in [-0.05, 0) is 18.8 Å². The van der Waals surface area contributed by atoms with E-state index in [-0.39, 0.29) is 11.3 Å². The molecule has 0 aliphatic heterocycles. The van der Waals surface area contributed by atoms with Gasteiger partial charge in [0.05, 0.1) is 5.92 Å². The van der Waals surface area contributed by atoms with Gasteiger partial charge in [0.15, 0.2) is 0 Å². The molecule has 0 heterocycles. The highest BCUT2D eigenvalue weighted by Crippen LogP contribution is 2.53. The van der Waals surface area contributed by atoms with Crippen molar-refractivity contribution in [3.05, 3.63) is 24.8 Å². The normalized spacial score (nSPS) is 43.3. The lowest BCUT2D eigenvalue weighted by Gasteiger charge is -2.25. The van der Waals surface area contributed by atoms with Crippen LogP contribution >= 0.6 is 0 Å². The summed E-state index contributed by atoms with van der Waals surface area (Å²) in [4.78, 5) is 10.9. The highest BCUT2D eigenvalue weighted by Gasteiger charge is 2.50. The van der Waals surface area contributed by atoms with Crippen molar-refractivity contribution in [2.45, 2.75) is 12.8 Å². The molecule has 2 aliphatic rings. The molecule has 2 aliphatic carbocycles. The van der Waals surface area contributed by atoms with Gasteiger partial charge in [0.1, 0.15) is 0 Å². The molecule has 1 saturated carbocycles. The number of carboxylic acids is 1. The second-order valence-electron chi connectivity index (χ2n) is 3.77. The van der Waals surface area contributed by atoms with E-state index < -0.39 is 5.97 Å². The predicted octanol–water partition coefficient (Wildman–Crippen LogP) is 1.84. The smallest absolute Gasteiger partial charge is 0.307 e. The third kappa shape index (κ3) is 0.779. The molecule has 0 aromatic rings. The van der Waals surface area contributed by atoms with Gasteiger partial charge in [0.25, 0.3) is 0 Å². The van der Waals surface area contributed by atoms with E-state index in [0.29, 0.717) is 5.92 Å². The van der Waals surface area contributed by atoms with E-state index in [2.05, 4.69) is 12.7 Å². The second-order valence-corrected chi connectivity index (χ2v) is 3.77. The summed E-state index contributed by atoms with van der Waals surface area (Å²) in [6.45, 7) is 3.73. The van der Waals surface area contributed by atoms with Crippen molar-refractivity contribution in [1.29, 1.82) is 0 Å². The summed E-state index contributed by atoms with van der Waals surface area (Å²) in [7, 11) is 0. The van der Waals surface area contributed by atoms with E-state index in [4.69, 9.17) is 5.11 Å². The Morgan fingerprint density at radius 1 is 1.75 bits per heavy atom. The van der Waals surface area contributed by atoms with Crippen LogP contribution in [0.2, 0.25) is 0 Å². The first-order valence-corrected chi connectivity index (χ1v) is 4.24. The third-order valence-corrected chi connectivity index (χ3v) is 3.16. The Labute approximate surface area is 71.6 Å². The summed E-state index contributed by atoms with van der Waals surface area (Å²) < 4.78 is 0. The fourth-order valence-corrected chi connectivity index (χ4v) is 2.47. The SMILES string of the molecule is C=CC12C=CC(CC1C(=O)O)C2. The van der Waals surface area contributed by atoms with Crippen LogP contribution in [-0.4, -0.2) is 11.1 Å². The lowest BCUT2D eigenvalue weighted by atomic mass is 9.78. The van der Waals surface area contributed by atoms with Crippen molar-refractivity contribution < 1.29 is 9.90 Å². The molecule has 0 spiro atoms. The number of aliphatic carboxylic acids is 1. The van der Waals surface area contributed by atoms with Crippen molar-refractivity contribution in [2.24, 2.45) is 17.3 Å². The molecule has 0 radical (unpaired) electrons. The minimum absolute atomic E-state index is 0.226. The summed E-state index contributed by atoms with van der Waals surface area (Å²) in [6, 6.07) is 0. The van der Waals surface area contributed by atoms with Crippen molar-refractivity contribution in [1.82, 2.24) is 0 Å². The lowest BCUT2D eigenvalue weighted by molar-refractivity contribution is -0.143.